The molecule has 6 nitrogen and oxygen atoms in total. The number of hydrogen-bond donors (Lipinski definition) is 1. The maximum atomic E-state index is 12.9. The first-order valence-corrected chi connectivity index (χ1v) is 8.84. The summed E-state index contributed by atoms with van der Waals surface area (Å²) in [6.07, 6.45) is 1.98. The van der Waals surface area contributed by atoms with Crippen molar-refractivity contribution < 1.29 is 14.1 Å². The Hall–Kier alpha value is -1.85. The van der Waals surface area contributed by atoms with Crippen molar-refractivity contribution >= 4 is 11.8 Å². The molecule has 2 amide bonds. The van der Waals surface area contributed by atoms with E-state index < -0.39 is 0 Å². The van der Waals surface area contributed by atoms with Gasteiger partial charge in [0.15, 0.2) is 5.76 Å². The summed E-state index contributed by atoms with van der Waals surface area (Å²) in [6.45, 7) is 11.6. The van der Waals surface area contributed by atoms with Crippen molar-refractivity contribution in [2.24, 2.45) is 11.8 Å². The molecule has 1 saturated heterocycles. The molecule has 2 heterocycles. The smallest absolute Gasteiger partial charge is 0.259 e. The second kappa shape index (κ2) is 7.81. The van der Waals surface area contributed by atoms with Gasteiger partial charge in [0.25, 0.3) is 5.91 Å². The molecule has 1 fully saturated rings. The highest BCUT2D eigenvalue weighted by molar-refractivity contribution is 5.96. The summed E-state index contributed by atoms with van der Waals surface area (Å²) in [5, 5.41) is 6.95. The number of nitrogens with one attached hydrogen (secondary N) is 1. The van der Waals surface area contributed by atoms with Crippen LogP contribution in [0.5, 0.6) is 0 Å². The minimum Gasteiger partial charge on any atom is -0.360 e. The number of aryl methyl sites for hydroxylation is 1. The van der Waals surface area contributed by atoms with Gasteiger partial charge in [-0.15, -0.1) is 0 Å². The lowest BCUT2D eigenvalue weighted by molar-refractivity contribution is -0.124. The van der Waals surface area contributed by atoms with E-state index >= 15 is 0 Å². The number of rotatable bonds is 5. The van der Waals surface area contributed by atoms with Crippen molar-refractivity contribution in [3.05, 3.63) is 17.0 Å². The van der Waals surface area contributed by atoms with E-state index in [0.717, 1.165) is 19.4 Å². The molecule has 2 rings (SSSR count). The predicted octanol–water partition coefficient (Wildman–Crippen LogP) is 2.73. The summed E-state index contributed by atoms with van der Waals surface area (Å²) < 4.78 is 5.35. The molecule has 1 aromatic rings. The summed E-state index contributed by atoms with van der Waals surface area (Å²) in [7, 11) is 0. The van der Waals surface area contributed by atoms with Crippen LogP contribution in [0.3, 0.4) is 0 Å². The van der Waals surface area contributed by atoms with Gasteiger partial charge in [0.1, 0.15) is 5.56 Å². The SMILES string of the molecule is Cc1noc(C(C)C)c1C(=O)N1CCC[C@H](CNC(=O)C(C)C)C1. The third kappa shape index (κ3) is 4.16. The highest BCUT2D eigenvalue weighted by atomic mass is 16.5. The van der Waals surface area contributed by atoms with Crippen LogP contribution in [0.2, 0.25) is 0 Å². The third-order valence-corrected chi connectivity index (χ3v) is 4.52. The zero-order chi connectivity index (χ0) is 17.9. The van der Waals surface area contributed by atoms with Crippen molar-refractivity contribution in [1.29, 1.82) is 0 Å². The average Bonchev–Trinajstić information content (AvgIpc) is 2.93. The summed E-state index contributed by atoms with van der Waals surface area (Å²) >= 11 is 0. The van der Waals surface area contributed by atoms with E-state index in [1.54, 1.807) is 0 Å². The number of carbonyl (C=O) groups excluding carboxylic acids is 2. The van der Waals surface area contributed by atoms with Crippen LogP contribution in [0.25, 0.3) is 0 Å². The Labute approximate surface area is 143 Å². The van der Waals surface area contributed by atoms with Gasteiger partial charge in [-0.25, -0.2) is 0 Å². The molecular formula is C18H29N3O3. The fourth-order valence-corrected chi connectivity index (χ4v) is 3.06. The lowest BCUT2D eigenvalue weighted by Gasteiger charge is -2.33. The Kier molecular flexibility index (Phi) is 6.02. The first-order chi connectivity index (χ1) is 11.3. The van der Waals surface area contributed by atoms with E-state index in [1.807, 2.05) is 39.5 Å². The lowest BCUT2D eigenvalue weighted by atomic mass is 9.96. The van der Waals surface area contributed by atoms with Crippen molar-refractivity contribution in [3.8, 4) is 0 Å². The number of amides is 2. The molecule has 1 aliphatic heterocycles. The van der Waals surface area contributed by atoms with Gasteiger partial charge in [0, 0.05) is 31.5 Å². The Morgan fingerprint density at radius 2 is 2.04 bits per heavy atom. The van der Waals surface area contributed by atoms with E-state index in [2.05, 4.69) is 10.5 Å². The van der Waals surface area contributed by atoms with Gasteiger partial charge in [-0.3, -0.25) is 9.59 Å². The molecule has 1 aromatic heterocycles. The van der Waals surface area contributed by atoms with Gasteiger partial charge < -0.3 is 14.7 Å². The lowest BCUT2D eigenvalue weighted by Crippen LogP contribution is -2.44. The summed E-state index contributed by atoms with van der Waals surface area (Å²) in [5.41, 5.74) is 1.26. The van der Waals surface area contributed by atoms with Crippen molar-refractivity contribution in [3.63, 3.8) is 0 Å². The minimum atomic E-state index is -0.0143. The van der Waals surface area contributed by atoms with Crippen LogP contribution in [-0.2, 0) is 4.79 Å². The van der Waals surface area contributed by atoms with Crippen LogP contribution in [0.1, 0.15) is 68.3 Å². The normalized spacial score (nSPS) is 18.3. The van der Waals surface area contributed by atoms with Gasteiger partial charge >= 0.3 is 0 Å². The monoisotopic (exact) mass is 335 g/mol. The number of hydrogen-bond acceptors (Lipinski definition) is 4. The maximum Gasteiger partial charge on any atom is 0.259 e. The Morgan fingerprint density at radius 1 is 1.33 bits per heavy atom. The van der Waals surface area contributed by atoms with E-state index in [4.69, 9.17) is 4.52 Å². The summed E-state index contributed by atoms with van der Waals surface area (Å²) in [6, 6.07) is 0. The molecule has 6 heteroatoms. The van der Waals surface area contributed by atoms with Crippen LogP contribution in [0.4, 0.5) is 0 Å². The number of piperidine rings is 1. The van der Waals surface area contributed by atoms with Crippen molar-refractivity contribution in [1.82, 2.24) is 15.4 Å². The van der Waals surface area contributed by atoms with E-state index in [1.165, 1.54) is 0 Å². The second-order valence-corrected chi connectivity index (χ2v) is 7.32. The first kappa shape index (κ1) is 18.5. The fourth-order valence-electron chi connectivity index (χ4n) is 3.06. The van der Waals surface area contributed by atoms with Crippen LogP contribution >= 0.6 is 0 Å². The number of aromatic nitrogens is 1. The first-order valence-electron chi connectivity index (χ1n) is 8.84. The zero-order valence-electron chi connectivity index (χ0n) is 15.4. The third-order valence-electron chi connectivity index (χ3n) is 4.52. The molecule has 134 valence electrons. The molecule has 0 aromatic carbocycles. The minimum absolute atomic E-state index is 0.00247. The predicted molar refractivity (Wildman–Crippen MR) is 91.8 cm³/mol. The van der Waals surface area contributed by atoms with E-state index in [-0.39, 0.29) is 23.7 Å². The summed E-state index contributed by atoms with van der Waals surface area (Å²) in [5.74, 6) is 1.13. The molecule has 1 N–H and O–H groups in total. The van der Waals surface area contributed by atoms with E-state index in [0.29, 0.717) is 36.0 Å². The Bertz CT molecular complexity index is 592. The largest absolute Gasteiger partial charge is 0.360 e. The van der Waals surface area contributed by atoms with Gasteiger partial charge in [0.2, 0.25) is 5.91 Å². The molecular weight excluding hydrogens is 306 g/mol. The topological polar surface area (TPSA) is 75.4 Å². The fraction of sp³-hybridized carbons (Fsp3) is 0.722. The Balaban J connectivity index is 2.03. The summed E-state index contributed by atoms with van der Waals surface area (Å²) in [4.78, 5) is 26.6. The highest BCUT2D eigenvalue weighted by Gasteiger charge is 2.30. The second-order valence-electron chi connectivity index (χ2n) is 7.32. The number of nitrogens with zero attached hydrogens (tertiary/aromatic N) is 2. The molecule has 24 heavy (non-hydrogen) atoms. The van der Waals surface area contributed by atoms with Gasteiger partial charge in [-0.1, -0.05) is 32.9 Å². The molecule has 0 spiro atoms. The zero-order valence-corrected chi connectivity index (χ0v) is 15.4. The molecule has 0 bridgehead atoms. The Morgan fingerprint density at radius 3 is 2.67 bits per heavy atom. The maximum absolute atomic E-state index is 12.9. The van der Waals surface area contributed by atoms with Crippen molar-refractivity contribution in [2.45, 2.75) is 53.4 Å². The quantitative estimate of drug-likeness (QED) is 0.898. The molecule has 1 aliphatic rings. The van der Waals surface area contributed by atoms with Crippen LogP contribution in [0, 0.1) is 18.8 Å². The van der Waals surface area contributed by atoms with Crippen molar-refractivity contribution in [2.75, 3.05) is 19.6 Å². The molecule has 0 aliphatic carbocycles. The molecule has 0 unspecified atom stereocenters. The van der Waals surface area contributed by atoms with E-state index in [9.17, 15) is 9.59 Å². The van der Waals surface area contributed by atoms with Crippen LogP contribution in [-0.4, -0.2) is 41.5 Å². The van der Waals surface area contributed by atoms with Gasteiger partial charge in [-0.05, 0) is 25.7 Å². The molecule has 0 radical (unpaired) electrons. The van der Waals surface area contributed by atoms with Gasteiger partial charge in [0.05, 0.1) is 5.69 Å². The number of carbonyl (C=O) groups is 2. The standard InChI is InChI=1S/C18H29N3O3/c1-11(2)16-15(13(5)20-24-16)18(23)21-8-6-7-14(10-21)9-19-17(22)12(3)4/h11-12,14H,6-10H2,1-5H3,(H,19,22)/t14-/m1/s1. The van der Waals surface area contributed by atoms with Crippen LogP contribution in [0.15, 0.2) is 4.52 Å². The average molecular weight is 335 g/mol. The van der Waals surface area contributed by atoms with Gasteiger partial charge in [-0.2, -0.15) is 0 Å². The molecule has 1 atom stereocenters. The van der Waals surface area contributed by atoms with Crippen LogP contribution < -0.4 is 5.32 Å². The molecule has 0 saturated carbocycles. The highest BCUT2D eigenvalue weighted by Crippen LogP contribution is 2.26. The number of likely N-dealkylation sites (tertiary alicyclic amines) is 1.